The average Bonchev–Trinajstić information content (AvgIpc) is 2.73. The zero-order valence-electron chi connectivity index (χ0n) is 18.5. The van der Waals surface area contributed by atoms with Gasteiger partial charge in [0.25, 0.3) is 0 Å². The zero-order chi connectivity index (χ0) is 24.0. The Labute approximate surface area is 191 Å². The quantitative estimate of drug-likeness (QED) is 0.575. The second-order valence-electron chi connectivity index (χ2n) is 6.65. The van der Waals surface area contributed by atoms with Crippen molar-refractivity contribution < 1.29 is 33.3 Å². The molecule has 0 spiro atoms. The van der Waals surface area contributed by atoms with E-state index in [9.17, 15) is 14.9 Å². The van der Waals surface area contributed by atoms with Crippen LogP contribution in [0.1, 0.15) is 39.2 Å². The molecular weight excluding hydrogens is 440 g/mol. The monoisotopic (exact) mass is 464 g/mol. The molecule has 2 atom stereocenters. The van der Waals surface area contributed by atoms with Crippen LogP contribution in [0, 0.1) is 11.3 Å². The number of carbonyl (C=O) groups is 2. The minimum atomic E-state index is -0.953. The Morgan fingerprint density at radius 2 is 1.91 bits per heavy atom. The van der Waals surface area contributed by atoms with Gasteiger partial charge in [-0.05, 0) is 39.3 Å². The number of carbonyl (C=O) groups excluding carboxylic acids is 2. The molecule has 0 amide bonds. The summed E-state index contributed by atoms with van der Waals surface area (Å²) in [4.78, 5) is 24.6. The van der Waals surface area contributed by atoms with Crippen molar-refractivity contribution in [3.05, 3.63) is 45.5 Å². The van der Waals surface area contributed by atoms with Gasteiger partial charge in [0.1, 0.15) is 17.4 Å². The highest BCUT2D eigenvalue weighted by Crippen LogP contribution is 2.45. The average molecular weight is 465 g/mol. The fourth-order valence-corrected chi connectivity index (χ4v) is 3.45. The summed E-state index contributed by atoms with van der Waals surface area (Å²) in [7, 11) is 1.40. The summed E-state index contributed by atoms with van der Waals surface area (Å²) in [6, 6.07) is 4.94. The van der Waals surface area contributed by atoms with E-state index in [-0.39, 0.29) is 52.5 Å². The molecular formula is C22H25ClN2O7. The second-order valence-corrected chi connectivity index (χ2v) is 7.06. The van der Waals surface area contributed by atoms with Crippen molar-refractivity contribution in [3.63, 3.8) is 0 Å². The number of hydrogen-bond donors (Lipinski definition) is 1. The second kappa shape index (κ2) is 10.8. The number of ether oxygens (including phenoxy) is 5. The molecule has 1 aliphatic rings. The molecule has 2 unspecified atom stereocenters. The molecule has 1 aliphatic heterocycles. The first kappa shape index (κ1) is 24.9. The number of nitrogens with zero attached hydrogens (tertiary/aromatic N) is 1. The largest absolute Gasteiger partial charge is 0.493 e. The lowest BCUT2D eigenvalue weighted by Gasteiger charge is -2.28. The van der Waals surface area contributed by atoms with Crippen molar-refractivity contribution in [1.82, 2.24) is 0 Å². The van der Waals surface area contributed by atoms with Crippen LogP contribution in [0.2, 0.25) is 5.02 Å². The highest BCUT2D eigenvalue weighted by atomic mass is 35.5. The Kier molecular flexibility index (Phi) is 8.38. The maximum Gasteiger partial charge on any atom is 0.347 e. The first-order chi connectivity index (χ1) is 15.2. The van der Waals surface area contributed by atoms with Crippen LogP contribution in [0.25, 0.3) is 0 Å². The Morgan fingerprint density at radius 1 is 1.25 bits per heavy atom. The van der Waals surface area contributed by atoms with Gasteiger partial charge in [0.2, 0.25) is 5.88 Å². The van der Waals surface area contributed by atoms with Gasteiger partial charge in [0.05, 0.1) is 31.8 Å². The molecule has 0 bridgehead atoms. The number of benzene rings is 1. The van der Waals surface area contributed by atoms with E-state index in [2.05, 4.69) is 0 Å². The first-order valence-corrected chi connectivity index (χ1v) is 10.2. The molecule has 0 saturated heterocycles. The summed E-state index contributed by atoms with van der Waals surface area (Å²) >= 11 is 6.54. The molecule has 1 heterocycles. The fraction of sp³-hybridized carbons (Fsp3) is 0.409. The van der Waals surface area contributed by atoms with Crippen LogP contribution < -0.4 is 15.2 Å². The highest BCUT2D eigenvalue weighted by molar-refractivity contribution is 6.31. The summed E-state index contributed by atoms with van der Waals surface area (Å²) in [5.74, 6) is -1.71. The van der Waals surface area contributed by atoms with Crippen molar-refractivity contribution >= 4 is 23.5 Å². The standard InChI is InChI=1S/C22H25ClN2O7/c1-6-29-21(26)12(4)31-17-9-15(23)13(8-16(17)28-5)19-14(10-24)20(25)32-11(3)18(19)22(27)30-7-2/h8-9,12,19H,6-7,25H2,1-5H3. The number of halogens is 1. The maximum atomic E-state index is 12.7. The Hall–Kier alpha value is -3.38. The summed E-state index contributed by atoms with van der Waals surface area (Å²) in [6.45, 7) is 6.76. The highest BCUT2D eigenvalue weighted by Gasteiger charge is 2.38. The van der Waals surface area contributed by atoms with Gasteiger partial charge < -0.3 is 29.4 Å². The molecule has 1 aromatic rings. The van der Waals surface area contributed by atoms with Crippen LogP contribution in [0.4, 0.5) is 0 Å². The number of methoxy groups -OCH3 is 1. The van der Waals surface area contributed by atoms with Crippen LogP contribution in [0.3, 0.4) is 0 Å². The molecule has 10 heteroatoms. The normalized spacial score (nSPS) is 16.6. The predicted octanol–water partition coefficient (Wildman–Crippen LogP) is 3.32. The number of nitrogens with two attached hydrogens (primary N) is 1. The van der Waals surface area contributed by atoms with E-state index in [0.29, 0.717) is 5.56 Å². The van der Waals surface area contributed by atoms with Crippen LogP contribution >= 0.6 is 11.6 Å². The van der Waals surface area contributed by atoms with E-state index in [4.69, 9.17) is 41.0 Å². The molecule has 0 fully saturated rings. The summed E-state index contributed by atoms with van der Waals surface area (Å²) in [5, 5.41) is 9.87. The Bertz CT molecular complexity index is 1010. The topological polar surface area (TPSA) is 130 Å². The molecule has 9 nitrogen and oxygen atoms in total. The minimum absolute atomic E-state index is 0.00355. The lowest BCUT2D eigenvalue weighted by molar-refractivity contribution is -0.150. The third-order valence-electron chi connectivity index (χ3n) is 4.62. The SMILES string of the molecule is CCOC(=O)C1=C(C)OC(N)=C(C#N)C1c1cc(OC)c(OC(C)C(=O)OCC)cc1Cl. The molecule has 172 valence electrons. The Morgan fingerprint density at radius 3 is 2.47 bits per heavy atom. The number of esters is 2. The van der Waals surface area contributed by atoms with Gasteiger partial charge in [-0.3, -0.25) is 0 Å². The van der Waals surface area contributed by atoms with Gasteiger partial charge in [0.15, 0.2) is 17.6 Å². The van der Waals surface area contributed by atoms with Gasteiger partial charge in [-0.25, -0.2) is 9.59 Å². The molecule has 32 heavy (non-hydrogen) atoms. The van der Waals surface area contributed by atoms with Crippen molar-refractivity contribution in [1.29, 1.82) is 5.26 Å². The predicted molar refractivity (Wildman–Crippen MR) is 115 cm³/mol. The van der Waals surface area contributed by atoms with Crippen molar-refractivity contribution in [3.8, 4) is 17.6 Å². The lowest BCUT2D eigenvalue weighted by atomic mass is 9.83. The van der Waals surface area contributed by atoms with Crippen LogP contribution in [0.15, 0.2) is 34.9 Å². The summed E-state index contributed by atoms with van der Waals surface area (Å²) in [6.07, 6.45) is -0.920. The summed E-state index contributed by atoms with van der Waals surface area (Å²) < 4.78 is 26.6. The Balaban J connectivity index is 2.60. The molecule has 1 aromatic carbocycles. The van der Waals surface area contributed by atoms with Crippen LogP contribution in [0.5, 0.6) is 11.5 Å². The lowest BCUT2D eigenvalue weighted by Crippen LogP contribution is -2.27. The molecule has 2 N–H and O–H groups in total. The van der Waals surface area contributed by atoms with E-state index < -0.39 is 24.0 Å². The third-order valence-corrected chi connectivity index (χ3v) is 4.94. The van der Waals surface area contributed by atoms with Gasteiger partial charge in [-0.15, -0.1) is 0 Å². The van der Waals surface area contributed by atoms with E-state index in [1.807, 2.05) is 6.07 Å². The van der Waals surface area contributed by atoms with Crippen molar-refractivity contribution in [2.75, 3.05) is 20.3 Å². The van der Waals surface area contributed by atoms with Gasteiger partial charge >= 0.3 is 11.9 Å². The fourth-order valence-electron chi connectivity index (χ4n) is 3.19. The number of allylic oxidation sites excluding steroid dienone is 2. The van der Waals surface area contributed by atoms with Crippen molar-refractivity contribution in [2.24, 2.45) is 5.73 Å². The molecule has 0 aromatic heterocycles. The van der Waals surface area contributed by atoms with E-state index >= 15 is 0 Å². The van der Waals surface area contributed by atoms with Crippen LogP contribution in [-0.4, -0.2) is 38.4 Å². The molecule has 0 saturated carbocycles. The first-order valence-electron chi connectivity index (χ1n) is 9.86. The number of rotatable bonds is 8. The van der Waals surface area contributed by atoms with Gasteiger partial charge in [0, 0.05) is 11.1 Å². The molecule has 2 rings (SSSR count). The van der Waals surface area contributed by atoms with Gasteiger partial charge in [-0.1, -0.05) is 11.6 Å². The zero-order valence-corrected chi connectivity index (χ0v) is 19.2. The van der Waals surface area contributed by atoms with Crippen molar-refractivity contribution in [2.45, 2.75) is 39.7 Å². The smallest absolute Gasteiger partial charge is 0.347 e. The minimum Gasteiger partial charge on any atom is -0.493 e. The molecule has 0 aliphatic carbocycles. The molecule has 0 radical (unpaired) electrons. The number of nitriles is 1. The number of hydrogen-bond acceptors (Lipinski definition) is 9. The van der Waals surface area contributed by atoms with E-state index in [1.54, 1.807) is 20.8 Å². The third kappa shape index (κ3) is 5.08. The van der Waals surface area contributed by atoms with E-state index in [1.165, 1.54) is 26.2 Å². The summed E-state index contributed by atoms with van der Waals surface area (Å²) in [5.41, 5.74) is 6.36. The van der Waals surface area contributed by atoms with Gasteiger partial charge in [-0.2, -0.15) is 5.26 Å². The van der Waals surface area contributed by atoms with Crippen LogP contribution in [-0.2, 0) is 23.8 Å². The maximum absolute atomic E-state index is 12.7. The van der Waals surface area contributed by atoms with E-state index in [0.717, 1.165) is 0 Å².